The van der Waals surface area contributed by atoms with Crippen LogP contribution in [0.5, 0.6) is 0 Å². The number of amides is 1. The first-order valence-corrected chi connectivity index (χ1v) is 9.15. The molecule has 2 aromatic rings. The number of hydrogen-bond acceptors (Lipinski definition) is 6. The summed E-state index contributed by atoms with van der Waals surface area (Å²) in [6.45, 7) is 2.18. The number of piperidine rings is 1. The molecule has 3 rings (SSSR count). The molecule has 1 aliphatic rings. The Kier molecular flexibility index (Phi) is 6.49. The fourth-order valence-corrected chi connectivity index (χ4v) is 3.35. The van der Waals surface area contributed by atoms with E-state index in [9.17, 15) is 4.79 Å². The Morgan fingerprint density at radius 1 is 1.27 bits per heavy atom. The standard InChI is InChI=1S/C19H26N6O/c1-20-13-19(26)25-10-2-3-16(14-25)5-4-15-6-7-22-17(11-15)24-18-12-21-8-9-23-18/h6-9,11-12,16,20H,2-5,10,13-14H2,1H3,(H,22,23,24). The molecule has 0 aromatic carbocycles. The van der Waals surface area contributed by atoms with E-state index in [0.29, 0.717) is 18.3 Å². The van der Waals surface area contributed by atoms with Crippen molar-refractivity contribution in [3.8, 4) is 0 Å². The summed E-state index contributed by atoms with van der Waals surface area (Å²) in [7, 11) is 1.81. The van der Waals surface area contributed by atoms with Gasteiger partial charge in [-0.1, -0.05) is 0 Å². The van der Waals surface area contributed by atoms with E-state index in [1.54, 1.807) is 18.6 Å². The molecule has 1 saturated heterocycles. The molecule has 2 aromatic heterocycles. The van der Waals surface area contributed by atoms with Crippen LogP contribution in [-0.2, 0) is 11.2 Å². The third-order valence-electron chi connectivity index (χ3n) is 4.68. The molecule has 0 spiro atoms. The van der Waals surface area contributed by atoms with Crippen LogP contribution in [-0.4, -0.2) is 52.4 Å². The van der Waals surface area contributed by atoms with Gasteiger partial charge in [-0.3, -0.25) is 9.78 Å². The quantitative estimate of drug-likeness (QED) is 0.791. The molecule has 0 radical (unpaired) electrons. The van der Waals surface area contributed by atoms with Gasteiger partial charge in [0.1, 0.15) is 11.6 Å². The molecule has 7 nitrogen and oxygen atoms in total. The van der Waals surface area contributed by atoms with Gasteiger partial charge in [0.25, 0.3) is 0 Å². The van der Waals surface area contributed by atoms with Gasteiger partial charge in [0.05, 0.1) is 12.7 Å². The van der Waals surface area contributed by atoms with E-state index in [1.165, 1.54) is 12.0 Å². The van der Waals surface area contributed by atoms with E-state index in [-0.39, 0.29) is 5.91 Å². The average Bonchev–Trinajstić information content (AvgIpc) is 2.68. The van der Waals surface area contributed by atoms with Crippen molar-refractivity contribution < 1.29 is 4.79 Å². The maximum absolute atomic E-state index is 12.1. The first kappa shape index (κ1) is 18.3. The van der Waals surface area contributed by atoms with Crippen molar-refractivity contribution in [2.24, 2.45) is 5.92 Å². The summed E-state index contributed by atoms with van der Waals surface area (Å²) in [5, 5.41) is 6.12. The van der Waals surface area contributed by atoms with Crippen molar-refractivity contribution in [2.75, 3.05) is 32.0 Å². The molecule has 7 heteroatoms. The highest BCUT2D eigenvalue weighted by atomic mass is 16.2. The van der Waals surface area contributed by atoms with Gasteiger partial charge in [-0.25, -0.2) is 9.97 Å². The van der Waals surface area contributed by atoms with Gasteiger partial charge in [0.2, 0.25) is 5.91 Å². The fraction of sp³-hybridized carbons (Fsp3) is 0.474. The second kappa shape index (κ2) is 9.24. The molecule has 0 bridgehead atoms. The zero-order valence-corrected chi connectivity index (χ0v) is 15.2. The van der Waals surface area contributed by atoms with Gasteiger partial charge in [-0.2, -0.15) is 0 Å². The summed E-state index contributed by atoms with van der Waals surface area (Å²) >= 11 is 0. The number of nitrogens with zero attached hydrogens (tertiary/aromatic N) is 4. The first-order chi connectivity index (χ1) is 12.7. The highest BCUT2D eigenvalue weighted by Gasteiger charge is 2.22. The lowest BCUT2D eigenvalue weighted by Gasteiger charge is -2.33. The first-order valence-electron chi connectivity index (χ1n) is 9.15. The Morgan fingerprint density at radius 3 is 2.96 bits per heavy atom. The number of hydrogen-bond donors (Lipinski definition) is 2. The second-order valence-corrected chi connectivity index (χ2v) is 6.68. The maximum atomic E-state index is 12.1. The van der Waals surface area contributed by atoms with Crippen molar-refractivity contribution in [1.29, 1.82) is 0 Å². The van der Waals surface area contributed by atoms with Gasteiger partial charge in [0.15, 0.2) is 0 Å². The van der Waals surface area contributed by atoms with Gasteiger partial charge in [-0.05, 0) is 56.3 Å². The van der Waals surface area contributed by atoms with Crippen LogP contribution in [0.2, 0.25) is 0 Å². The number of carbonyl (C=O) groups excluding carboxylic acids is 1. The lowest BCUT2D eigenvalue weighted by Crippen LogP contribution is -2.43. The number of rotatable bonds is 7. The minimum Gasteiger partial charge on any atom is -0.341 e. The summed E-state index contributed by atoms with van der Waals surface area (Å²) in [6.07, 6.45) is 11.1. The molecule has 1 unspecified atom stereocenters. The Balaban J connectivity index is 1.53. The molecule has 0 saturated carbocycles. The van der Waals surface area contributed by atoms with E-state index in [0.717, 1.165) is 38.2 Å². The molecule has 1 amide bonds. The van der Waals surface area contributed by atoms with E-state index >= 15 is 0 Å². The smallest absolute Gasteiger partial charge is 0.236 e. The number of carbonyl (C=O) groups is 1. The maximum Gasteiger partial charge on any atom is 0.236 e. The lowest BCUT2D eigenvalue weighted by molar-refractivity contribution is -0.131. The molecule has 0 aliphatic carbocycles. The molecule has 3 heterocycles. The van der Waals surface area contributed by atoms with Crippen molar-refractivity contribution in [2.45, 2.75) is 25.7 Å². The minimum absolute atomic E-state index is 0.205. The molecule has 138 valence electrons. The summed E-state index contributed by atoms with van der Waals surface area (Å²) < 4.78 is 0. The van der Waals surface area contributed by atoms with Crippen molar-refractivity contribution in [1.82, 2.24) is 25.2 Å². The SMILES string of the molecule is CNCC(=O)N1CCCC(CCc2ccnc(Nc3cnccn3)c2)C1. The molecular formula is C19H26N6O. The molecule has 26 heavy (non-hydrogen) atoms. The zero-order chi connectivity index (χ0) is 18.2. The number of aromatic nitrogens is 3. The average molecular weight is 354 g/mol. The van der Waals surface area contributed by atoms with Crippen LogP contribution in [0.15, 0.2) is 36.9 Å². The minimum atomic E-state index is 0.205. The largest absolute Gasteiger partial charge is 0.341 e. The molecular weight excluding hydrogens is 328 g/mol. The molecule has 1 fully saturated rings. The lowest BCUT2D eigenvalue weighted by atomic mass is 9.91. The Labute approximate surface area is 154 Å². The monoisotopic (exact) mass is 354 g/mol. The van der Waals surface area contributed by atoms with E-state index in [1.807, 2.05) is 18.1 Å². The van der Waals surface area contributed by atoms with Gasteiger partial charge < -0.3 is 15.5 Å². The number of likely N-dealkylation sites (tertiary alicyclic amines) is 1. The Morgan fingerprint density at radius 2 is 2.15 bits per heavy atom. The van der Waals surface area contributed by atoms with Gasteiger partial charge in [-0.15, -0.1) is 0 Å². The van der Waals surface area contributed by atoms with Crippen LogP contribution in [0.1, 0.15) is 24.8 Å². The summed E-state index contributed by atoms with van der Waals surface area (Å²) in [6, 6.07) is 4.11. The van der Waals surface area contributed by atoms with E-state index in [4.69, 9.17) is 0 Å². The van der Waals surface area contributed by atoms with Crippen LogP contribution >= 0.6 is 0 Å². The second-order valence-electron chi connectivity index (χ2n) is 6.68. The summed E-state index contributed by atoms with van der Waals surface area (Å²) in [5.41, 5.74) is 1.24. The van der Waals surface area contributed by atoms with Crippen molar-refractivity contribution in [3.63, 3.8) is 0 Å². The number of likely N-dealkylation sites (N-methyl/N-ethyl adjacent to an activating group) is 1. The van der Waals surface area contributed by atoms with Crippen LogP contribution in [0, 0.1) is 5.92 Å². The molecule has 2 N–H and O–H groups in total. The van der Waals surface area contributed by atoms with Crippen LogP contribution in [0.3, 0.4) is 0 Å². The van der Waals surface area contributed by atoms with Crippen LogP contribution < -0.4 is 10.6 Å². The highest BCUT2D eigenvalue weighted by Crippen LogP contribution is 2.22. The predicted octanol–water partition coefficient (Wildman–Crippen LogP) is 2.01. The molecule has 1 aliphatic heterocycles. The number of aryl methyl sites for hydroxylation is 1. The van der Waals surface area contributed by atoms with E-state index in [2.05, 4.69) is 37.7 Å². The zero-order valence-electron chi connectivity index (χ0n) is 15.2. The fourth-order valence-electron chi connectivity index (χ4n) is 3.35. The topological polar surface area (TPSA) is 83.0 Å². The number of nitrogens with one attached hydrogen (secondary N) is 2. The van der Waals surface area contributed by atoms with Gasteiger partial charge >= 0.3 is 0 Å². The summed E-state index contributed by atoms with van der Waals surface area (Å²) in [5.74, 6) is 2.23. The van der Waals surface area contributed by atoms with Gasteiger partial charge in [0, 0.05) is 31.7 Å². The molecule has 1 atom stereocenters. The number of pyridine rings is 1. The third-order valence-corrected chi connectivity index (χ3v) is 4.68. The third kappa shape index (κ3) is 5.23. The van der Waals surface area contributed by atoms with Crippen molar-refractivity contribution in [3.05, 3.63) is 42.5 Å². The normalized spacial score (nSPS) is 17.1. The Hall–Kier alpha value is -2.54. The summed E-state index contributed by atoms with van der Waals surface area (Å²) in [4.78, 5) is 26.7. The highest BCUT2D eigenvalue weighted by molar-refractivity contribution is 5.78. The van der Waals surface area contributed by atoms with Crippen molar-refractivity contribution >= 4 is 17.5 Å². The predicted molar refractivity (Wildman–Crippen MR) is 101 cm³/mol. The van der Waals surface area contributed by atoms with E-state index < -0.39 is 0 Å². The van der Waals surface area contributed by atoms with Crippen LogP contribution in [0.4, 0.5) is 11.6 Å². The van der Waals surface area contributed by atoms with Crippen LogP contribution in [0.25, 0.3) is 0 Å². The Bertz CT molecular complexity index is 708. The number of anilines is 2.